The third-order valence-electron chi connectivity index (χ3n) is 4.05. The van der Waals surface area contributed by atoms with Crippen LogP contribution in [0.5, 0.6) is 0 Å². The minimum atomic E-state index is -0.246. The SMILES string of the molecule is CN(CCO)c1ccc(/C=C2\NC(=S)N(c3ccccc3Cl)C2=O)cc1. The highest BCUT2D eigenvalue weighted by atomic mass is 35.5. The lowest BCUT2D eigenvalue weighted by molar-refractivity contribution is -0.113. The van der Waals surface area contributed by atoms with Gasteiger partial charge in [-0.3, -0.25) is 9.69 Å². The summed E-state index contributed by atoms with van der Waals surface area (Å²) in [4.78, 5) is 16.1. The Balaban J connectivity index is 1.83. The number of nitrogens with zero attached hydrogens (tertiary/aromatic N) is 2. The monoisotopic (exact) mass is 387 g/mol. The Kier molecular flexibility index (Phi) is 5.56. The summed E-state index contributed by atoms with van der Waals surface area (Å²) in [5.41, 5.74) is 2.80. The number of aliphatic hydroxyl groups excluding tert-OH is 1. The summed E-state index contributed by atoms with van der Waals surface area (Å²) in [6.45, 7) is 0.650. The predicted molar refractivity (Wildman–Crippen MR) is 109 cm³/mol. The van der Waals surface area contributed by atoms with E-state index < -0.39 is 0 Å². The van der Waals surface area contributed by atoms with Crippen LogP contribution in [-0.4, -0.2) is 36.3 Å². The first-order valence-electron chi connectivity index (χ1n) is 8.05. The molecule has 0 atom stereocenters. The van der Waals surface area contributed by atoms with Crippen LogP contribution in [-0.2, 0) is 4.79 Å². The van der Waals surface area contributed by atoms with Crippen LogP contribution in [0.25, 0.3) is 6.08 Å². The van der Waals surface area contributed by atoms with Gasteiger partial charge in [0.15, 0.2) is 5.11 Å². The Bertz CT molecular complexity index is 867. The van der Waals surface area contributed by atoms with Gasteiger partial charge in [-0.1, -0.05) is 35.9 Å². The number of hydrogen-bond acceptors (Lipinski definition) is 4. The summed E-state index contributed by atoms with van der Waals surface area (Å²) < 4.78 is 0. The van der Waals surface area contributed by atoms with Gasteiger partial charge in [-0.2, -0.15) is 0 Å². The Morgan fingerprint density at radius 1 is 1.23 bits per heavy atom. The summed E-state index contributed by atoms with van der Waals surface area (Å²) in [7, 11) is 1.91. The van der Waals surface area contributed by atoms with Gasteiger partial charge in [-0.15, -0.1) is 0 Å². The lowest BCUT2D eigenvalue weighted by Crippen LogP contribution is -2.30. The van der Waals surface area contributed by atoms with Crippen molar-refractivity contribution in [1.82, 2.24) is 5.32 Å². The van der Waals surface area contributed by atoms with Gasteiger partial charge in [0.2, 0.25) is 0 Å². The van der Waals surface area contributed by atoms with E-state index in [-0.39, 0.29) is 12.5 Å². The number of likely N-dealkylation sites (N-methyl/N-ethyl adjacent to an activating group) is 1. The van der Waals surface area contributed by atoms with Crippen LogP contribution in [0.4, 0.5) is 11.4 Å². The number of aliphatic hydroxyl groups is 1. The van der Waals surface area contributed by atoms with Crippen LogP contribution in [0, 0.1) is 0 Å². The number of benzene rings is 2. The third-order valence-corrected chi connectivity index (χ3v) is 4.66. The number of anilines is 2. The minimum absolute atomic E-state index is 0.0933. The van der Waals surface area contributed by atoms with Crippen molar-refractivity contribution < 1.29 is 9.90 Å². The lowest BCUT2D eigenvalue weighted by atomic mass is 10.1. The quantitative estimate of drug-likeness (QED) is 0.610. The average molecular weight is 388 g/mol. The smallest absolute Gasteiger partial charge is 0.281 e. The molecule has 2 N–H and O–H groups in total. The van der Waals surface area contributed by atoms with Crippen molar-refractivity contribution in [2.75, 3.05) is 30.0 Å². The van der Waals surface area contributed by atoms with E-state index in [2.05, 4.69) is 5.32 Å². The Morgan fingerprint density at radius 2 is 1.92 bits per heavy atom. The molecule has 1 fully saturated rings. The van der Waals surface area contributed by atoms with Crippen LogP contribution in [0.3, 0.4) is 0 Å². The Labute approximate surface area is 162 Å². The number of amides is 1. The highest BCUT2D eigenvalue weighted by molar-refractivity contribution is 7.80. The molecule has 1 aliphatic rings. The number of carbonyl (C=O) groups excluding carboxylic acids is 1. The molecule has 2 aromatic carbocycles. The standard InChI is InChI=1S/C19H18ClN3O2S/c1-22(10-11-24)14-8-6-13(7-9-14)12-16-18(25)23(19(26)21-16)17-5-3-2-4-15(17)20/h2-9,12,24H,10-11H2,1H3,(H,21,26)/b16-12-. The second-order valence-electron chi connectivity index (χ2n) is 5.82. The van der Waals surface area contributed by atoms with Gasteiger partial charge in [-0.05, 0) is 48.1 Å². The van der Waals surface area contributed by atoms with Crippen LogP contribution in [0.2, 0.25) is 5.02 Å². The summed E-state index contributed by atoms with van der Waals surface area (Å²) in [6.07, 6.45) is 1.75. The minimum Gasteiger partial charge on any atom is -0.395 e. The van der Waals surface area contributed by atoms with E-state index in [1.807, 2.05) is 36.2 Å². The van der Waals surface area contributed by atoms with Gasteiger partial charge in [0.05, 0.1) is 17.3 Å². The molecule has 1 aliphatic heterocycles. The maximum atomic E-state index is 12.7. The van der Waals surface area contributed by atoms with Crippen molar-refractivity contribution in [3.05, 3.63) is 64.8 Å². The fraction of sp³-hybridized carbons (Fsp3) is 0.158. The van der Waals surface area contributed by atoms with Gasteiger partial charge in [0.25, 0.3) is 5.91 Å². The number of carbonyl (C=O) groups is 1. The van der Waals surface area contributed by atoms with E-state index in [4.69, 9.17) is 28.9 Å². The van der Waals surface area contributed by atoms with Crippen molar-refractivity contribution in [3.8, 4) is 0 Å². The molecule has 1 amide bonds. The molecule has 1 saturated heterocycles. The number of thiocarbonyl (C=S) groups is 1. The highest BCUT2D eigenvalue weighted by Gasteiger charge is 2.32. The van der Waals surface area contributed by atoms with Gasteiger partial charge < -0.3 is 15.3 Å². The molecule has 7 heteroatoms. The van der Waals surface area contributed by atoms with Crippen molar-refractivity contribution in [2.24, 2.45) is 0 Å². The summed E-state index contributed by atoms with van der Waals surface area (Å²) >= 11 is 11.5. The maximum absolute atomic E-state index is 12.7. The van der Waals surface area contributed by atoms with Crippen LogP contribution in [0.1, 0.15) is 5.56 Å². The molecule has 0 saturated carbocycles. The molecular weight excluding hydrogens is 370 g/mol. The molecule has 2 aromatic rings. The van der Waals surface area contributed by atoms with Crippen molar-refractivity contribution in [2.45, 2.75) is 0 Å². The molecule has 0 bridgehead atoms. The number of halogens is 1. The normalized spacial score (nSPS) is 15.5. The molecule has 5 nitrogen and oxygen atoms in total. The van der Waals surface area contributed by atoms with Crippen LogP contribution in [0.15, 0.2) is 54.2 Å². The number of rotatable bonds is 5. The molecule has 3 rings (SSSR count). The molecule has 0 spiro atoms. The number of hydrogen-bond donors (Lipinski definition) is 2. The number of para-hydroxylation sites is 1. The molecule has 0 aromatic heterocycles. The molecule has 134 valence electrons. The topological polar surface area (TPSA) is 55.8 Å². The second kappa shape index (κ2) is 7.86. The van der Waals surface area contributed by atoms with E-state index in [0.717, 1.165) is 11.3 Å². The van der Waals surface area contributed by atoms with E-state index in [9.17, 15) is 4.79 Å². The first-order chi connectivity index (χ1) is 12.5. The highest BCUT2D eigenvalue weighted by Crippen LogP contribution is 2.29. The summed E-state index contributed by atoms with van der Waals surface area (Å²) in [6, 6.07) is 14.8. The Morgan fingerprint density at radius 3 is 2.58 bits per heavy atom. The molecule has 1 heterocycles. The second-order valence-corrected chi connectivity index (χ2v) is 6.61. The lowest BCUT2D eigenvalue weighted by Gasteiger charge is -2.17. The van der Waals surface area contributed by atoms with E-state index in [0.29, 0.717) is 28.1 Å². The van der Waals surface area contributed by atoms with Gasteiger partial charge >= 0.3 is 0 Å². The fourth-order valence-electron chi connectivity index (χ4n) is 2.66. The fourth-order valence-corrected chi connectivity index (χ4v) is 3.17. The zero-order chi connectivity index (χ0) is 18.7. The van der Waals surface area contributed by atoms with Gasteiger partial charge in [-0.25, -0.2) is 0 Å². The van der Waals surface area contributed by atoms with Gasteiger partial charge in [0.1, 0.15) is 5.70 Å². The maximum Gasteiger partial charge on any atom is 0.281 e. The first kappa shape index (κ1) is 18.4. The Hall–Kier alpha value is -2.41. The third kappa shape index (κ3) is 3.72. The molecule has 0 radical (unpaired) electrons. The molecule has 0 aliphatic carbocycles. The molecule has 0 unspecified atom stereocenters. The van der Waals surface area contributed by atoms with E-state index in [1.54, 1.807) is 30.3 Å². The molecular formula is C19H18ClN3O2S. The van der Waals surface area contributed by atoms with Crippen LogP contribution >= 0.6 is 23.8 Å². The van der Waals surface area contributed by atoms with Crippen molar-refractivity contribution in [3.63, 3.8) is 0 Å². The average Bonchev–Trinajstić information content (AvgIpc) is 2.90. The predicted octanol–water partition coefficient (Wildman–Crippen LogP) is 3.03. The van der Waals surface area contributed by atoms with E-state index >= 15 is 0 Å². The zero-order valence-electron chi connectivity index (χ0n) is 14.1. The molecule has 26 heavy (non-hydrogen) atoms. The number of nitrogens with one attached hydrogen (secondary N) is 1. The zero-order valence-corrected chi connectivity index (χ0v) is 15.7. The van der Waals surface area contributed by atoms with E-state index in [1.165, 1.54) is 4.90 Å². The van der Waals surface area contributed by atoms with Crippen LogP contribution < -0.4 is 15.1 Å². The summed E-state index contributed by atoms with van der Waals surface area (Å²) in [5.74, 6) is -0.246. The largest absolute Gasteiger partial charge is 0.395 e. The first-order valence-corrected chi connectivity index (χ1v) is 8.83. The van der Waals surface area contributed by atoms with Gasteiger partial charge in [0, 0.05) is 19.3 Å². The summed E-state index contributed by atoms with van der Waals surface area (Å²) in [5, 5.41) is 12.7. The van der Waals surface area contributed by atoms with Crippen molar-refractivity contribution in [1.29, 1.82) is 0 Å². The van der Waals surface area contributed by atoms with Crippen molar-refractivity contribution >= 4 is 52.3 Å².